The number of hydrogen-bond acceptors (Lipinski definition) is 4. The summed E-state index contributed by atoms with van der Waals surface area (Å²) in [5.41, 5.74) is 1.20. The van der Waals surface area contributed by atoms with Crippen molar-refractivity contribution in [2.45, 2.75) is 0 Å². The van der Waals surface area contributed by atoms with E-state index >= 15 is 0 Å². The predicted molar refractivity (Wildman–Crippen MR) is 99.2 cm³/mol. The van der Waals surface area contributed by atoms with Gasteiger partial charge in [0, 0.05) is 16.2 Å². The minimum atomic E-state index is -0.747. The maximum Gasteiger partial charge on any atom is 0.430 e. The Morgan fingerprint density at radius 1 is 0.960 bits per heavy atom. The summed E-state index contributed by atoms with van der Waals surface area (Å²) in [7, 11) is 0. The first-order chi connectivity index (χ1) is 12.0. The van der Waals surface area contributed by atoms with E-state index in [0.29, 0.717) is 21.0 Å². The van der Waals surface area contributed by atoms with Gasteiger partial charge in [0.2, 0.25) is 0 Å². The van der Waals surface area contributed by atoms with Crippen molar-refractivity contribution in [2.75, 3.05) is 0 Å². The Hall–Kier alpha value is -2.50. The van der Waals surface area contributed by atoms with E-state index in [9.17, 15) is 9.90 Å². The van der Waals surface area contributed by atoms with E-state index in [1.165, 1.54) is 18.3 Å². The van der Waals surface area contributed by atoms with E-state index in [1.54, 1.807) is 48.5 Å². The second-order valence-electron chi connectivity index (χ2n) is 5.27. The highest BCUT2D eigenvalue weighted by molar-refractivity contribution is 6.81. The van der Waals surface area contributed by atoms with E-state index in [2.05, 4.69) is 4.98 Å². The molecule has 0 saturated carbocycles. The SMILES string of the molecule is O=C(OB(c1cccc(Cl)c1)c1cccc(Cl)c1)c1ncccc1O. The normalized spacial score (nSPS) is 10.3. The highest BCUT2D eigenvalue weighted by atomic mass is 35.5. The quantitative estimate of drug-likeness (QED) is 0.716. The fourth-order valence-electron chi connectivity index (χ4n) is 2.38. The average molecular weight is 372 g/mol. The summed E-state index contributed by atoms with van der Waals surface area (Å²) in [5, 5.41) is 10.8. The van der Waals surface area contributed by atoms with Gasteiger partial charge in [0.05, 0.1) is 0 Å². The monoisotopic (exact) mass is 371 g/mol. The largest absolute Gasteiger partial charge is 0.521 e. The van der Waals surface area contributed by atoms with E-state index in [4.69, 9.17) is 27.9 Å². The molecule has 0 atom stereocenters. The van der Waals surface area contributed by atoms with Crippen LogP contribution in [0.1, 0.15) is 10.5 Å². The van der Waals surface area contributed by atoms with Gasteiger partial charge in [-0.1, -0.05) is 47.5 Å². The molecule has 0 saturated heterocycles. The highest BCUT2D eigenvalue weighted by Crippen LogP contribution is 2.15. The second kappa shape index (κ2) is 7.59. The lowest BCUT2D eigenvalue weighted by atomic mass is 9.55. The topological polar surface area (TPSA) is 59.4 Å². The van der Waals surface area contributed by atoms with E-state index in [-0.39, 0.29) is 11.4 Å². The molecular weight excluding hydrogens is 360 g/mol. The van der Waals surface area contributed by atoms with Crippen LogP contribution in [-0.2, 0) is 4.65 Å². The number of carbonyl (C=O) groups excluding carboxylic acids is 1. The summed E-state index contributed by atoms with van der Waals surface area (Å²) in [5.74, 6) is -0.994. The summed E-state index contributed by atoms with van der Waals surface area (Å²) >= 11 is 12.1. The first-order valence-corrected chi connectivity index (χ1v) is 8.16. The van der Waals surface area contributed by atoms with Gasteiger partial charge in [-0.15, -0.1) is 0 Å². The Morgan fingerprint density at radius 3 is 2.08 bits per heavy atom. The lowest BCUT2D eigenvalue weighted by molar-refractivity contribution is 0.0729. The molecule has 0 radical (unpaired) electrons. The highest BCUT2D eigenvalue weighted by Gasteiger charge is 2.28. The molecule has 0 fully saturated rings. The Kier molecular flexibility index (Phi) is 5.27. The third kappa shape index (κ3) is 4.13. The fourth-order valence-corrected chi connectivity index (χ4v) is 2.78. The molecule has 0 aliphatic rings. The van der Waals surface area contributed by atoms with Crippen molar-refractivity contribution in [1.29, 1.82) is 0 Å². The number of aromatic hydroxyl groups is 1. The molecule has 2 aromatic carbocycles. The van der Waals surface area contributed by atoms with Crippen LogP contribution >= 0.6 is 23.2 Å². The Labute approximate surface area is 155 Å². The number of halogens is 2. The molecule has 25 heavy (non-hydrogen) atoms. The third-order valence-corrected chi connectivity index (χ3v) is 3.98. The van der Waals surface area contributed by atoms with Crippen molar-refractivity contribution < 1.29 is 14.6 Å². The molecule has 0 aliphatic carbocycles. The number of nitrogens with zero attached hydrogens (tertiary/aromatic N) is 1. The number of carbonyl (C=O) groups is 1. The van der Waals surface area contributed by atoms with Gasteiger partial charge in [-0.05, 0) is 47.3 Å². The van der Waals surface area contributed by atoms with Gasteiger partial charge in [-0.2, -0.15) is 0 Å². The smallest absolute Gasteiger partial charge is 0.430 e. The minimum Gasteiger partial charge on any atom is -0.521 e. The van der Waals surface area contributed by atoms with Crippen molar-refractivity contribution in [2.24, 2.45) is 0 Å². The van der Waals surface area contributed by atoms with E-state index in [1.807, 2.05) is 0 Å². The lowest BCUT2D eigenvalue weighted by Crippen LogP contribution is -2.46. The molecule has 0 aliphatic heterocycles. The zero-order valence-electron chi connectivity index (χ0n) is 12.9. The maximum absolute atomic E-state index is 12.5. The molecule has 0 unspecified atom stereocenters. The number of aromatic nitrogens is 1. The molecule has 1 N–H and O–H groups in total. The average Bonchev–Trinajstić information content (AvgIpc) is 2.60. The van der Waals surface area contributed by atoms with Crippen LogP contribution in [-0.4, -0.2) is 23.0 Å². The van der Waals surface area contributed by atoms with Gasteiger partial charge in [-0.3, -0.25) is 0 Å². The van der Waals surface area contributed by atoms with Gasteiger partial charge >= 0.3 is 12.9 Å². The zero-order chi connectivity index (χ0) is 17.8. The first kappa shape index (κ1) is 17.3. The van der Waals surface area contributed by atoms with Crippen molar-refractivity contribution in [3.8, 4) is 5.75 Å². The van der Waals surface area contributed by atoms with Gasteiger partial charge < -0.3 is 9.76 Å². The molecule has 0 bridgehead atoms. The Balaban J connectivity index is 2.00. The summed E-state index contributed by atoms with van der Waals surface area (Å²) in [4.78, 5) is 16.4. The van der Waals surface area contributed by atoms with Crippen LogP contribution in [0.2, 0.25) is 10.0 Å². The van der Waals surface area contributed by atoms with Crippen LogP contribution in [0.5, 0.6) is 5.75 Å². The molecule has 1 heterocycles. The van der Waals surface area contributed by atoms with Crippen molar-refractivity contribution in [1.82, 2.24) is 4.98 Å². The van der Waals surface area contributed by atoms with Crippen molar-refractivity contribution >= 4 is 47.0 Å². The van der Waals surface area contributed by atoms with Crippen LogP contribution in [0.15, 0.2) is 66.9 Å². The first-order valence-electron chi connectivity index (χ1n) is 7.40. The molecule has 7 heteroatoms. The van der Waals surface area contributed by atoms with Crippen LogP contribution in [0.4, 0.5) is 0 Å². The molecule has 0 spiro atoms. The molecule has 0 amide bonds. The van der Waals surface area contributed by atoms with Crippen LogP contribution < -0.4 is 10.9 Å². The Bertz CT molecular complexity index is 875. The summed E-state index contributed by atoms with van der Waals surface area (Å²) in [6.07, 6.45) is 1.41. The van der Waals surface area contributed by atoms with Crippen LogP contribution in [0.3, 0.4) is 0 Å². The van der Waals surface area contributed by atoms with Crippen LogP contribution in [0.25, 0.3) is 0 Å². The molecular formula is C18H12BCl2NO3. The molecule has 1 aromatic heterocycles. The number of rotatable bonds is 4. The minimum absolute atomic E-state index is 0.156. The van der Waals surface area contributed by atoms with E-state index in [0.717, 1.165) is 0 Å². The fraction of sp³-hybridized carbons (Fsp3) is 0. The number of benzene rings is 2. The number of hydrogen-bond donors (Lipinski definition) is 1. The molecule has 124 valence electrons. The van der Waals surface area contributed by atoms with Gasteiger partial charge in [0.1, 0.15) is 5.75 Å². The van der Waals surface area contributed by atoms with Gasteiger partial charge in [-0.25, -0.2) is 9.78 Å². The molecule has 3 rings (SSSR count). The molecule has 4 nitrogen and oxygen atoms in total. The van der Waals surface area contributed by atoms with E-state index < -0.39 is 12.9 Å². The third-order valence-electron chi connectivity index (χ3n) is 3.51. The van der Waals surface area contributed by atoms with Crippen molar-refractivity contribution in [3.63, 3.8) is 0 Å². The summed E-state index contributed by atoms with van der Waals surface area (Å²) in [6, 6.07) is 16.9. The number of pyridine rings is 1. The van der Waals surface area contributed by atoms with Crippen LogP contribution in [0, 0.1) is 0 Å². The second-order valence-corrected chi connectivity index (χ2v) is 6.14. The summed E-state index contributed by atoms with van der Waals surface area (Å²) in [6.45, 7) is -0.744. The lowest BCUT2D eigenvalue weighted by Gasteiger charge is -2.16. The Morgan fingerprint density at radius 2 is 1.56 bits per heavy atom. The van der Waals surface area contributed by atoms with Crippen molar-refractivity contribution in [3.05, 3.63) is 82.6 Å². The summed E-state index contributed by atoms with van der Waals surface area (Å²) < 4.78 is 5.62. The standard InChI is InChI=1S/C18H12BCl2NO3/c20-14-6-1-4-12(10-14)19(13-5-2-7-15(21)11-13)25-18(24)17-16(23)8-3-9-22-17/h1-11,23H. The zero-order valence-corrected chi connectivity index (χ0v) is 14.4. The maximum atomic E-state index is 12.5. The van der Waals surface area contributed by atoms with Gasteiger partial charge in [0.15, 0.2) is 5.69 Å². The predicted octanol–water partition coefficient (Wildman–Crippen LogP) is 3.06. The molecule has 3 aromatic rings. The van der Waals surface area contributed by atoms with Gasteiger partial charge in [0.25, 0.3) is 0 Å².